The largest absolute Gasteiger partial charge is 0.339 e. The summed E-state index contributed by atoms with van der Waals surface area (Å²) in [5.41, 5.74) is 0. The number of hydrogen-bond acceptors (Lipinski definition) is 5. The van der Waals surface area contributed by atoms with Gasteiger partial charge in [0.15, 0.2) is 0 Å². The van der Waals surface area contributed by atoms with E-state index in [2.05, 4.69) is 38.6 Å². The van der Waals surface area contributed by atoms with Gasteiger partial charge in [-0.1, -0.05) is 0 Å². The van der Waals surface area contributed by atoms with Crippen molar-refractivity contribution in [1.82, 2.24) is 24.5 Å². The van der Waals surface area contributed by atoms with Gasteiger partial charge >= 0.3 is 0 Å². The number of carbonyl (C=O) groups excluding carboxylic acids is 1. The molecule has 0 N–H and O–H groups in total. The summed E-state index contributed by atoms with van der Waals surface area (Å²) in [5, 5.41) is 0. The molecule has 1 amide bonds. The second-order valence-corrected chi connectivity index (χ2v) is 7.53. The number of piperidine rings is 1. The first-order valence-electron chi connectivity index (χ1n) is 9.23. The van der Waals surface area contributed by atoms with Gasteiger partial charge in [-0.05, 0) is 40.0 Å². The lowest BCUT2D eigenvalue weighted by atomic mass is 10.0. The van der Waals surface area contributed by atoms with Gasteiger partial charge in [0.2, 0.25) is 5.91 Å². The summed E-state index contributed by atoms with van der Waals surface area (Å²) in [7, 11) is 4.37. The van der Waals surface area contributed by atoms with E-state index in [9.17, 15) is 4.79 Å². The molecule has 0 aromatic carbocycles. The third-order valence-corrected chi connectivity index (χ3v) is 5.83. The molecule has 3 aliphatic rings. The highest BCUT2D eigenvalue weighted by Gasteiger charge is 2.28. The lowest BCUT2D eigenvalue weighted by Crippen LogP contribution is -2.56. The molecule has 3 rings (SSSR count). The van der Waals surface area contributed by atoms with Crippen LogP contribution in [0.1, 0.15) is 12.8 Å². The van der Waals surface area contributed by atoms with Crippen LogP contribution in [-0.4, -0.2) is 123 Å². The molecule has 132 valence electrons. The van der Waals surface area contributed by atoms with Gasteiger partial charge in [-0.25, -0.2) is 0 Å². The molecule has 0 radical (unpaired) electrons. The molecule has 0 spiro atoms. The van der Waals surface area contributed by atoms with Gasteiger partial charge in [0.1, 0.15) is 0 Å². The Morgan fingerprint density at radius 3 is 1.96 bits per heavy atom. The Hall–Kier alpha value is -0.690. The Labute approximate surface area is 141 Å². The van der Waals surface area contributed by atoms with Crippen LogP contribution in [-0.2, 0) is 4.79 Å². The molecular formula is C17H33N5O. The summed E-state index contributed by atoms with van der Waals surface area (Å²) >= 11 is 0. The monoisotopic (exact) mass is 323 g/mol. The van der Waals surface area contributed by atoms with Crippen LogP contribution in [0.5, 0.6) is 0 Å². The van der Waals surface area contributed by atoms with Crippen molar-refractivity contribution >= 4 is 5.91 Å². The molecule has 3 heterocycles. The fourth-order valence-electron chi connectivity index (χ4n) is 3.99. The van der Waals surface area contributed by atoms with E-state index in [-0.39, 0.29) is 0 Å². The predicted octanol–water partition coefficient (Wildman–Crippen LogP) is -0.528. The van der Waals surface area contributed by atoms with Gasteiger partial charge in [-0.15, -0.1) is 0 Å². The Balaban J connectivity index is 1.39. The number of hydrogen-bond donors (Lipinski definition) is 0. The van der Waals surface area contributed by atoms with Crippen molar-refractivity contribution in [3.8, 4) is 0 Å². The second kappa shape index (κ2) is 7.92. The Bertz CT molecular complexity index is 380. The minimum absolute atomic E-state index is 0.331. The molecule has 0 bridgehead atoms. The highest BCUT2D eigenvalue weighted by molar-refractivity contribution is 5.78. The summed E-state index contributed by atoms with van der Waals surface area (Å²) in [6, 6.07) is 0.737. The lowest BCUT2D eigenvalue weighted by molar-refractivity contribution is -0.135. The van der Waals surface area contributed by atoms with E-state index in [0.29, 0.717) is 12.5 Å². The van der Waals surface area contributed by atoms with Gasteiger partial charge in [0, 0.05) is 58.4 Å². The normalized spacial score (nSPS) is 27.5. The standard InChI is InChI=1S/C17H33N5O/c1-18-5-3-16(4-6-18)21-11-13-22(14-12-21)17(23)15-20-9-7-19(2)8-10-20/h16H,3-15H2,1-2H3. The first-order chi connectivity index (χ1) is 11.1. The summed E-state index contributed by atoms with van der Waals surface area (Å²) in [5.74, 6) is 0.331. The quantitative estimate of drug-likeness (QED) is 0.698. The van der Waals surface area contributed by atoms with Crippen molar-refractivity contribution < 1.29 is 4.79 Å². The Morgan fingerprint density at radius 2 is 1.35 bits per heavy atom. The molecule has 6 nitrogen and oxygen atoms in total. The minimum atomic E-state index is 0.331. The SMILES string of the molecule is CN1CCC(N2CCN(C(=O)CN3CCN(C)CC3)CC2)CC1. The van der Waals surface area contributed by atoms with Crippen molar-refractivity contribution in [3.05, 3.63) is 0 Å². The molecule has 0 atom stereocenters. The highest BCUT2D eigenvalue weighted by Crippen LogP contribution is 2.17. The van der Waals surface area contributed by atoms with Crippen molar-refractivity contribution in [2.45, 2.75) is 18.9 Å². The van der Waals surface area contributed by atoms with Gasteiger partial charge in [0.25, 0.3) is 0 Å². The zero-order chi connectivity index (χ0) is 16.2. The van der Waals surface area contributed by atoms with Crippen LogP contribution in [0.4, 0.5) is 0 Å². The predicted molar refractivity (Wildman–Crippen MR) is 92.6 cm³/mol. The lowest BCUT2D eigenvalue weighted by Gasteiger charge is -2.42. The van der Waals surface area contributed by atoms with E-state index in [0.717, 1.165) is 58.4 Å². The Kier molecular flexibility index (Phi) is 5.91. The second-order valence-electron chi connectivity index (χ2n) is 7.53. The summed E-state index contributed by atoms with van der Waals surface area (Å²) in [6.07, 6.45) is 2.57. The van der Waals surface area contributed by atoms with Crippen molar-refractivity contribution in [3.63, 3.8) is 0 Å². The first-order valence-corrected chi connectivity index (χ1v) is 9.23. The summed E-state index contributed by atoms with van der Waals surface area (Å²) < 4.78 is 0. The third-order valence-electron chi connectivity index (χ3n) is 5.83. The smallest absolute Gasteiger partial charge is 0.236 e. The van der Waals surface area contributed by atoms with Crippen molar-refractivity contribution in [1.29, 1.82) is 0 Å². The van der Waals surface area contributed by atoms with E-state index >= 15 is 0 Å². The van der Waals surface area contributed by atoms with Gasteiger partial charge in [0.05, 0.1) is 6.54 Å². The van der Waals surface area contributed by atoms with Crippen molar-refractivity contribution in [2.24, 2.45) is 0 Å². The number of nitrogens with zero attached hydrogens (tertiary/aromatic N) is 5. The molecule has 3 saturated heterocycles. The average Bonchev–Trinajstić information content (AvgIpc) is 2.58. The highest BCUT2D eigenvalue weighted by atomic mass is 16.2. The van der Waals surface area contributed by atoms with Crippen LogP contribution in [0.3, 0.4) is 0 Å². The molecule has 3 fully saturated rings. The fraction of sp³-hybridized carbons (Fsp3) is 0.941. The fourth-order valence-corrected chi connectivity index (χ4v) is 3.99. The summed E-state index contributed by atoms with van der Waals surface area (Å²) in [4.78, 5) is 24.3. The number of likely N-dealkylation sites (tertiary alicyclic amines) is 1. The van der Waals surface area contributed by atoms with E-state index in [1.54, 1.807) is 0 Å². The van der Waals surface area contributed by atoms with Crippen LogP contribution in [0.15, 0.2) is 0 Å². The molecule has 0 saturated carbocycles. The van der Waals surface area contributed by atoms with Crippen LogP contribution in [0.2, 0.25) is 0 Å². The number of piperazine rings is 2. The zero-order valence-electron chi connectivity index (χ0n) is 14.9. The van der Waals surface area contributed by atoms with Gasteiger partial charge < -0.3 is 14.7 Å². The molecule has 23 heavy (non-hydrogen) atoms. The van der Waals surface area contributed by atoms with Crippen LogP contribution < -0.4 is 0 Å². The maximum Gasteiger partial charge on any atom is 0.236 e. The zero-order valence-corrected chi connectivity index (χ0v) is 14.9. The molecule has 0 aromatic heterocycles. The number of rotatable bonds is 3. The van der Waals surface area contributed by atoms with Crippen LogP contribution >= 0.6 is 0 Å². The molecule has 3 aliphatic heterocycles. The van der Waals surface area contributed by atoms with Crippen molar-refractivity contribution in [2.75, 3.05) is 86.1 Å². The maximum atomic E-state index is 12.5. The van der Waals surface area contributed by atoms with Gasteiger partial charge in [-0.2, -0.15) is 0 Å². The van der Waals surface area contributed by atoms with Crippen LogP contribution in [0, 0.1) is 0 Å². The molecule has 6 heteroatoms. The first kappa shape index (κ1) is 17.1. The van der Waals surface area contributed by atoms with E-state index in [1.807, 2.05) is 0 Å². The molecular weight excluding hydrogens is 290 g/mol. The molecule has 0 aliphatic carbocycles. The van der Waals surface area contributed by atoms with Gasteiger partial charge in [-0.3, -0.25) is 14.6 Å². The minimum Gasteiger partial charge on any atom is -0.339 e. The average molecular weight is 323 g/mol. The number of carbonyl (C=O) groups is 1. The maximum absolute atomic E-state index is 12.5. The van der Waals surface area contributed by atoms with E-state index < -0.39 is 0 Å². The molecule has 0 aromatic rings. The molecule has 0 unspecified atom stereocenters. The van der Waals surface area contributed by atoms with E-state index in [4.69, 9.17) is 0 Å². The summed E-state index contributed by atoms with van der Waals surface area (Å²) in [6.45, 7) is 11.2. The van der Waals surface area contributed by atoms with Crippen LogP contribution in [0.25, 0.3) is 0 Å². The van der Waals surface area contributed by atoms with E-state index in [1.165, 1.54) is 25.9 Å². The number of likely N-dealkylation sites (N-methyl/N-ethyl adjacent to an activating group) is 1. The number of amides is 1. The third kappa shape index (κ3) is 4.66. The topological polar surface area (TPSA) is 33.3 Å². The Morgan fingerprint density at radius 1 is 0.783 bits per heavy atom.